The number of hydrogen-bond acceptors (Lipinski definition) is 5. The van der Waals surface area contributed by atoms with Gasteiger partial charge in [0.15, 0.2) is 0 Å². The first kappa shape index (κ1) is 18.4. The van der Waals surface area contributed by atoms with Gasteiger partial charge in [0.05, 0.1) is 12.2 Å². The van der Waals surface area contributed by atoms with Crippen LogP contribution >= 0.6 is 15.9 Å². The summed E-state index contributed by atoms with van der Waals surface area (Å²) in [5, 5.41) is 4.36. The first-order valence-electron chi connectivity index (χ1n) is 8.30. The molecule has 0 aliphatic carbocycles. The Morgan fingerprint density at radius 2 is 2.04 bits per heavy atom. The van der Waals surface area contributed by atoms with E-state index in [1.165, 1.54) is 4.68 Å². The number of amides is 1. The van der Waals surface area contributed by atoms with Gasteiger partial charge in [0.25, 0.3) is 5.91 Å². The zero-order valence-electron chi connectivity index (χ0n) is 15.0. The highest BCUT2D eigenvalue weighted by Crippen LogP contribution is 2.26. The molecule has 2 N–H and O–H groups in total. The third-order valence-electron chi connectivity index (χ3n) is 3.99. The number of fused-ring (bicyclic) bond motifs is 1. The molecule has 7 nitrogen and oxygen atoms in total. The molecule has 0 bridgehead atoms. The van der Waals surface area contributed by atoms with E-state index in [1.807, 2.05) is 26.8 Å². The molecule has 3 rings (SSSR count). The fourth-order valence-corrected chi connectivity index (χ4v) is 3.20. The van der Waals surface area contributed by atoms with E-state index in [-0.39, 0.29) is 12.5 Å². The molecule has 0 fully saturated rings. The van der Waals surface area contributed by atoms with Crippen molar-refractivity contribution in [1.29, 1.82) is 0 Å². The van der Waals surface area contributed by atoms with Gasteiger partial charge in [-0.25, -0.2) is 4.79 Å². The number of carbonyl (C=O) groups excluding carboxylic acids is 2. The Morgan fingerprint density at radius 3 is 2.69 bits per heavy atom. The van der Waals surface area contributed by atoms with Crippen LogP contribution in [-0.4, -0.2) is 38.8 Å². The predicted molar refractivity (Wildman–Crippen MR) is 101 cm³/mol. The summed E-state index contributed by atoms with van der Waals surface area (Å²) in [6.45, 7) is 6.22. The number of ether oxygens (including phenoxy) is 1. The van der Waals surface area contributed by atoms with Crippen molar-refractivity contribution in [3.63, 3.8) is 0 Å². The Kier molecular flexibility index (Phi) is 4.79. The van der Waals surface area contributed by atoms with Crippen molar-refractivity contribution in [2.45, 2.75) is 39.3 Å². The van der Waals surface area contributed by atoms with Gasteiger partial charge >= 0.3 is 6.09 Å². The van der Waals surface area contributed by atoms with Crippen LogP contribution in [0.4, 0.5) is 10.6 Å². The normalized spacial score (nSPS) is 14.1. The minimum Gasteiger partial charge on any atom is -0.444 e. The van der Waals surface area contributed by atoms with E-state index in [1.54, 1.807) is 23.1 Å². The van der Waals surface area contributed by atoms with Crippen LogP contribution in [-0.2, 0) is 17.7 Å². The highest BCUT2D eigenvalue weighted by molar-refractivity contribution is 9.10. The van der Waals surface area contributed by atoms with E-state index >= 15 is 0 Å². The molecule has 138 valence electrons. The number of carbonyl (C=O) groups is 2. The molecule has 8 heteroatoms. The monoisotopic (exact) mass is 420 g/mol. The number of rotatable bonds is 1. The molecule has 2 heterocycles. The highest BCUT2D eigenvalue weighted by Gasteiger charge is 2.30. The van der Waals surface area contributed by atoms with Crippen LogP contribution in [0.1, 0.15) is 42.4 Å². The zero-order valence-corrected chi connectivity index (χ0v) is 16.5. The second kappa shape index (κ2) is 6.75. The first-order valence-corrected chi connectivity index (χ1v) is 9.09. The minimum absolute atomic E-state index is 0.271. The second-order valence-corrected chi connectivity index (χ2v) is 8.11. The van der Waals surface area contributed by atoms with Crippen LogP contribution in [0.2, 0.25) is 0 Å². The lowest BCUT2D eigenvalue weighted by Crippen LogP contribution is -2.39. The molecule has 1 amide bonds. The lowest BCUT2D eigenvalue weighted by molar-refractivity contribution is 0.0221. The topological polar surface area (TPSA) is 90.5 Å². The molecule has 1 aliphatic rings. The molecule has 1 aromatic heterocycles. The van der Waals surface area contributed by atoms with Gasteiger partial charge in [0, 0.05) is 22.1 Å². The van der Waals surface area contributed by atoms with Crippen molar-refractivity contribution in [2.24, 2.45) is 0 Å². The molecule has 0 unspecified atom stereocenters. The molecular weight excluding hydrogens is 400 g/mol. The van der Waals surface area contributed by atoms with Crippen LogP contribution < -0.4 is 5.73 Å². The van der Waals surface area contributed by atoms with Crippen LogP contribution in [0.5, 0.6) is 0 Å². The van der Waals surface area contributed by atoms with Crippen LogP contribution in [0.25, 0.3) is 0 Å². The number of anilines is 1. The van der Waals surface area contributed by atoms with Crippen LogP contribution in [0.3, 0.4) is 0 Å². The maximum atomic E-state index is 12.7. The molecule has 0 spiro atoms. The third-order valence-corrected chi connectivity index (χ3v) is 4.49. The molecule has 1 aliphatic heterocycles. The number of nitrogen functional groups attached to an aromatic ring is 1. The summed E-state index contributed by atoms with van der Waals surface area (Å²) in [4.78, 5) is 26.6. The van der Waals surface area contributed by atoms with E-state index in [0.29, 0.717) is 30.0 Å². The average Bonchev–Trinajstić information content (AvgIpc) is 2.89. The van der Waals surface area contributed by atoms with Crippen molar-refractivity contribution >= 4 is 33.7 Å². The van der Waals surface area contributed by atoms with Gasteiger partial charge < -0.3 is 15.4 Å². The Morgan fingerprint density at radius 1 is 1.31 bits per heavy atom. The summed E-state index contributed by atoms with van der Waals surface area (Å²) in [6.07, 6.45) is 0.140. The quantitative estimate of drug-likeness (QED) is 0.764. The largest absolute Gasteiger partial charge is 0.444 e. The van der Waals surface area contributed by atoms with Crippen LogP contribution in [0, 0.1) is 0 Å². The van der Waals surface area contributed by atoms with Crippen LogP contribution in [0.15, 0.2) is 28.7 Å². The van der Waals surface area contributed by atoms with E-state index in [9.17, 15) is 9.59 Å². The summed E-state index contributed by atoms with van der Waals surface area (Å²) in [5.41, 5.74) is 7.52. The van der Waals surface area contributed by atoms with E-state index in [0.717, 1.165) is 10.0 Å². The Labute approximate surface area is 160 Å². The first-order chi connectivity index (χ1) is 12.2. The predicted octanol–water partition coefficient (Wildman–Crippen LogP) is 3.21. The summed E-state index contributed by atoms with van der Waals surface area (Å²) in [5.74, 6) is 0.0239. The van der Waals surface area contributed by atoms with Gasteiger partial charge in [-0.3, -0.25) is 4.79 Å². The summed E-state index contributed by atoms with van der Waals surface area (Å²) in [6, 6.07) is 7.05. The number of nitrogens with zero attached hydrogens (tertiary/aromatic N) is 3. The summed E-state index contributed by atoms with van der Waals surface area (Å²) >= 11 is 3.35. The molecular formula is C18H21BrN4O3. The molecule has 2 aromatic rings. The van der Waals surface area contributed by atoms with Gasteiger partial charge in [0.2, 0.25) is 0 Å². The third kappa shape index (κ3) is 3.75. The van der Waals surface area contributed by atoms with Gasteiger partial charge in [-0.05, 0) is 45.4 Å². The molecule has 26 heavy (non-hydrogen) atoms. The van der Waals surface area contributed by atoms with Gasteiger partial charge in [-0.1, -0.05) is 22.0 Å². The fraction of sp³-hybridized carbons (Fsp3) is 0.389. The number of benzene rings is 1. The molecule has 1 aromatic carbocycles. The lowest BCUT2D eigenvalue weighted by atomic mass is 10.1. The van der Waals surface area contributed by atoms with E-state index in [2.05, 4.69) is 21.0 Å². The van der Waals surface area contributed by atoms with Crippen molar-refractivity contribution < 1.29 is 14.3 Å². The van der Waals surface area contributed by atoms with Crippen molar-refractivity contribution in [1.82, 2.24) is 14.7 Å². The van der Waals surface area contributed by atoms with Crippen molar-refractivity contribution in [3.05, 3.63) is 45.6 Å². The van der Waals surface area contributed by atoms with Crippen molar-refractivity contribution in [2.75, 3.05) is 12.3 Å². The van der Waals surface area contributed by atoms with Gasteiger partial charge in [-0.2, -0.15) is 9.78 Å². The smallest absolute Gasteiger partial charge is 0.410 e. The number of nitrogens with two attached hydrogens (primary N) is 1. The highest BCUT2D eigenvalue weighted by atomic mass is 79.9. The maximum Gasteiger partial charge on any atom is 0.410 e. The average molecular weight is 421 g/mol. The summed E-state index contributed by atoms with van der Waals surface area (Å²) < 4.78 is 7.42. The molecule has 0 radical (unpaired) electrons. The Hall–Kier alpha value is -2.35. The Bertz CT molecular complexity index is 870. The van der Waals surface area contributed by atoms with E-state index in [4.69, 9.17) is 10.5 Å². The molecule has 0 saturated carbocycles. The lowest BCUT2D eigenvalue weighted by Gasteiger charge is -2.29. The Balaban J connectivity index is 1.84. The van der Waals surface area contributed by atoms with E-state index < -0.39 is 11.7 Å². The molecule has 0 saturated heterocycles. The fourth-order valence-electron chi connectivity index (χ4n) is 2.80. The maximum absolute atomic E-state index is 12.7. The number of hydrogen-bond donors (Lipinski definition) is 1. The summed E-state index contributed by atoms with van der Waals surface area (Å²) in [7, 11) is 0. The van der Waals surface area contributed by atoms with Gasteiger partial charge in [0.1, 0.15) is 11.4 Å². The SMILES string of the molecule is CC(C)(C)OC(=O)N1CCc2c(nn(C(=O)c3cccc(Br)c3)c2N)C1. The number of aromatic nitrogens is 2. The van der Waals surface area contributed by atoms with Crippen molar-refractivity contribution in [3.8, 4) is 0 Å². The van der Waals surface area contributed by atoms with Gasteiger partial charge in [-0.15, -0.1) is 0 Å². The minimum atomic E-state index is -0.563. The number of halogens is 1. The molecule has 0 atom stereocenters. The second-order valence-electron chi connectivity index (χ2n) is 7.19. The zero-order chi connectivity index (χ0) is 19.1. The standard InChI is InChI=1S/C18H21BrN4O3/c1-18(2,3)26-17(25)22-8-7-13-14(10-22)21-23(15(13)20)16(24)11-5-4-6-12(19)9-11/h4-6,9H,7-8,10,20H2,1-3H3.